The van der Waals surface area contributed by atoms with Crippen molar-refractivity contribution in [2.45, 2.75) is 31.8 Å². The molecule has 0 aliphatic carbocycles. The van der Waals surface area contributed by atoms with E-state index in [2.05, 4.69) is 15.2 Å². The van der Waals surface area contributed by atoms with Crippen molar-refractivity contribution in [1.82, 2.24) is 15.2 Å². The molecule has 5 heteroatoms. The summed E-state index contributed by atoms with van der Waals surface area (Å²) >= 11 is 5.63. The summed E-state index contributed by atoms with van der Waals surface area (Å²) in [6.07, 6.45) is 3.25. The molecule has 1 atom stereocenters. The summed E-state index contributed by atoms with van der Waals surface area (Å²) in [4.78, 5) is 4.08. The molecule has 0 radical (unpaired) electrons. The predicted octanol–water partition coefficient (Wildman–Crippen LogP) is 1.87. The van der Waals surface area contributed by atoms with E-state index in [1.807, 2.05) is 6.92 Å². The quantitative estimate of drug-likeness (QED) is 0.755. The Morgan fingerprint density at radius 2 is 2.38 bits per heavy atom. The highest BCUT2D eigenvalue weighted by Gasteiger charge is 2.33. The number of hydrogen-bond donors (Lipinski definition) is 1. The Morgan fingerprint density at radius 1 is 1.54 bits per heavy atom. The highest BCUT2D eigenvalue weighted by atomic mass is 35.5. The van der Waals surface area contributed by atoms with Crippen molar-refractivity contribution >= 4 is 11.6 Å². The van der Waals surface area contributed by atoms with Gasteiger partial charge in [0.05, 0.1) is 0 Å². The normalized spacial score (nSPS) is 29.1. The maximum absolute atomic E-state index is 5.67. The molecule has 13 heavy (non-hydrogen) atoms. The molecule has 2 rings (SSSR count). The predicted molar refractivity (Wildman–Crippen MR) is 48.5 cm³/mol. The van der Waals surface area contributed by atoms with Gasteiger partial charge in [0.2, 0.25) is 5.28 Å². The molecule has 1 aliphatic heterocycles. The van der Waals surface area contributed by atoms with Crippen LogP contribution in [0.3, 0.4) is 0 Å². The van der Waals surface area contributed by atoms with E-state index in [4.69, 9.17) is 16.3 Å². The van der Waals surface area contributed by atoms with Gasteiger partial charge in [-0.05, 0) is 37.8 Å². The smallest absolute Gasteiger partial charge is 0.242 e. The van der Waals surface area contributed by atoms with Crippen LogP contribution in [0.2, 0.25) is 5.28 Å². The molecule has 0 bridgehead atoms. The summed E-state index contributed by atoms with van der Waals surface area (Å²) in [6.45, 7) is 2.80. The summed E-state index contributed by atoms with van der Waals surface area (Å²) in [5.74, 6) is 0.734. The monoisotopic (exact) mass is 201 g/mol. The van der Waals surface area contributed by atoms with Gasteiger partial charge in [-0.2, -0.15) is 4.98 Å². The van der Waals surface area contributed by atoms with E-state index in [1.54, 1.807) is 0 Å². The molecule has 0 spiro atoms. The lowest BCUT2D eigenvalue weighted by Gasteiger charge is -2.31. The highest BCUT2D eigenvalue weighted by Crippen LogP contribution is 2.32. The number of nitrogens with one attached hydrogen (secondary N) is 1. The van der Waals surface area contributed by atoms with Crippen molar-refractivity contribution in [3.8, 4) is 0 Å². The number of ether oxygens (including phenoxy) is 1. The van der Waals surface area contributed by atoms with Gasteiger partial charge in [0.25, 0.3) is 0 Å². The van der Waals surface area contributed by atoms with Gasteiger partial charge in [-0.3, -0.25) is 5.10 Å². The van der Waals surface area contributed by atoms with Gasteiger partial charge in [-0.15, -0.1) is 5.10 Å². The number of hydrogen-bond acceptors (Lipinski definition) is 3. The lowest BCUT2D eigenvalue weighted by atomic mass is 9.95. The van der Waals surface area contributed by atoms with Crippen molar-refractivity contribution in [2.24, 2.45) is 0 Å². The van der Waals surface area contributed by atoms with Crippen molar-refractivity contribution in [1.29, 1.82) is 0 Å². The van der Waals surface area contributed by atoms with Gasteiger partial charge in [0.15, 0.2) is 5.82 Å². The number of nitrogens with zero attached hydrogens (tertiary/aromatic N) is 2. The van der Waals surface area contributed by atoms with Gasteiger partial charge >= 0.3 is 0 Å². The first-order valence-electron chi connectivity index (χ1n) is 4.43. The SMILES string of the molecule is CC1(c2nc(Cl)n[nH]2)CCCCO1. The minimum Gasteiger partial charge on any atom is -0.367 e. The minimum absolute atomic E-state index is 0.255. The van der Waals surface area contributed by atoms with E-state index in [0.29, 0.717) is 0 Å². The zero-order chi connectivity index (χ0) is 9.31. The van der Waals surface area contributed by atoms with Crippen molar-refractivity contribution in [3.63, 3.8) is 0 Å². The second-order valence-electron chi connectivity index (χ2n) is 3.49. The molecule has 1 fully saturated rings. The van der Waals surface area contributed by atoms with Crippen molar-refractivity contribution < 1.29 is 4.74 Å². The third-order valence-electron chi connectivity index (χ3n) is 2.43. The average Bonchev–Trinajstić information content (AvgIpc) is 2.54. The summed E-state index contributed by atoms with van der Waals surface area (Å²) in [6, 6.07) is 0. The largest absolute Gasteiger partial charge is 0.367 e. The molecule has 72 valence electrons. The Balaban J connectivity index is 2.22. The van der Waals surface area contributed by atoms with Crippen LogP contribution in [0.15, 0.2) is 0 Å². The molecule has 1 aromatic heterocycles. The molecular formula is C8H12ClN3O. The lowest BCUT2D eigenvalue weighted by molar-refractivity contribution is -0.0758. The summed E-state index contributed by atoms with van der Waals surface area (Å²) < 4.78 is 5.67. The van der Waals surface area contributed by atoms with Crippen LogP contribution in [0.5, 0.6) is 0 Å². The van der Waals surface area contributed by atoms with E-state index in [-0.39, 0.29) is 10.9 Å². The minimum atomic E-state index is -0.321. The second kappa shape index (κ2) is 3.27. The van der Waals surface area contributed by atoms with Crippen LogP contribution in [0.4, 0.5) is 0 Å². The van der Waals surface area contributed by atoms with Crippen molar-refractivity contribution in [2.75, 3.05) is 6.61 Å². The summed E-state index contributed by atoms with van der Waals surface area (Å²) in [7, 11) is 0. The lowest BCUT2D eigenvalue weighted by Crippen LogP contribution is -2.31. The van der Waals surface area contributed by atoms with E-state index in [9.17, 15) is 0 Å². The van der Waals surface area contributed by atoms with E-state index < -0.39 is 0 Å². The maximum Gasteiger partial charge on any atom is 0.242 e. The Hall–Kier alpha value is -0.610. The first kappa shape index (κ1) is 8.97. The Morgan fingerprint density at radius 3 is 2.92 bits per heavy atom. The molecule has 0 saturated carbocycles. The van der Waals surface area contributed by atoms with E-state index in [1.165, 1.54) is 0 Å². The molecule has 1 saturated heterocycles. The number of rotatable bonds is 1. The topological polar surface area (TPSA) is 50.8 Å². The fourth-order valence-corrected chi connectivity index (χ4v) is 1.73. The van der Waals surface area contributed by atoms with Gasteiger partial charge in [0, 0.05) is 6.61 Å². The first-order valence-corrected chi connectivity index (χ1v) is 4.81. The summed E-state index contributed by atoms with van der Waals surface area (Å²) in [5.41, 5.74) is -0.321. The maximum atomic E-state index is 5.67. The molecule has 0 aromatic carbocycles. The second-order valence-corrected chi connectivity index (χ2v) is 3.83. The van der Waals surface area contributed by atoms with Crippen LogP contribution in [-0.4, -0.2) is 21.8 Å². The third-order valence-corrected chi connectivity index (χ3v) is 2.60. The number of aromatic nitrogens is 3. The molecule has 1 aromatic rings. The van der Waals surface area contributed by atoms with Crippen LogP contribution in [0.25, 0.3) is 0 Å². The molecule has 4 nitrogen and oxygen atoms in total. The fraction of sp³-hybridized carbons (Fsp3) is 0.750. The van der Waals surface area contributed by atoms with Crippen LogP contribution in [-0.2, 0) is 10.3 Å². The zero-order valence-electron chi connectivity index (χ0n) is 7.51. The molecule has 2 heterocycles. The van der Waals surface area contributed by atoms with Gasteiger partial charge in [0.1, 0.15) is 5.60 Å². The Labute approximate surface area is 81.6 Å². The van der Waals surface area contributed by atoms with Crippen LogP contribution >= 0.6 is 11.6 Å². The number of aromatic amines is 1. The van der Waals surface area contributed by atoms with Crippen molar-refractivity contribution in [3.05, 3.63) is 11.1 Å². The highest BCUT2D eigenvalue weighted by molar-refractivity contribution is 6.28. The summed E-state index contributed by atoms with van der Waals surface area (Å²) in [5, 5.41) is 6.84. The fourth-order valence-electron chi connectivity index (χ4n) is 1.60. The van der Waals surface area contributed by atoms with Gasteiger partial charge in [-0.25, -0.2) is 0 Å². The molecule has 1 aliphatic rings. The number of halogens is 1. The van der Waals surface area contributed by atoms with E-state index >= 15 is 0 Å². The number of H-pyrrole nitrogens is 1. The van der Waals surface area contributed by atoms with Gasteiger partial charge in [-0.1, -0.05) is 0 Å². The van der Waals surface area contributed by atoms with Gasteiger partial charge < -0.3 is 4.74 Å². The Kier molecular flexibility index (Phi) is 2.26. The molecular weight excluding hydrogens is 190 g/mol. The average molecular weight is 202 g/mol. The molecule has 0 amide bonds. The van der Waals surface area contributed by atoms with E-state index in [0.717, 1.165) is 31.7 Å². The first-order chi connectivity index (χ1) is 6.21. The molecule has 1 unspecified atom stereocenters. The standard InChI is InChI=1S/C8H12ClN3O/c1-8(4-2-3-5-13-8)6-10-7(9)12-11-6/h2-5H2,1H3,(H,10,11,12). The Bertz CT molecular complexity index is 293. The van der Waals surface area contributed by atoms with Crippen LogP contribution in [0, 0.1) is 0 Å². The van der Waals surface area contributed by atoms with Crippen LogP contribution in [0.1, 0.15) is 32.0 Å². The zero-order valence-corrected chi connectivity index (χ0v) is 8.26. The van der Waals surface area contributed by atoms with Crippen LogP contribution < -0.4 is 0 Å². The third kappa shape index (κ3) is 1.69. The molecule has 1 N–H and O–H groups in total.